The number of hydrogen-bond acceptors (Lipinski definition) is 3. The molecule has 2 rings (SSSR count). The summed E-state index contributed by atoms with van der Waals surface area (Å²) in [6, 6.07) is 10.1. The average molecular weight is 321 g/mol. The fourth-order valence-corrected chi connectivity index (χ4v) is 1.89. The summed E-state index contributed by atoms with van der Waals surface area (Å²) in [5.74, 6) is -1.39. The van der Waals surface area contributed by atoms with E-state index in [1.807, 2.05) is 12.1 Å². The molecule has 2 aromatic carbocycles. The number of nitrogens with one attached hydrogen (secondary N) is 1. The van der Waals surface area contributed by atoms with Gasteiger partial charge in [-0.15, -0.1) is 0 Å². The Bertz CT molecular complexity index is 674. The van der Waals surface area contributed by atoms with E-state index in [0.29, 0.717) is 12.6 Å². The van der Waals surface area contributed by atoms with Crippen LogP contribution in [-0.2, 0) is 11.3 Å². The standard InChI is InChI=1S/C17H17F2NO3/c1-11(23-16-8-5-13(18)9-15(16)19)17(21)20-10-12-3-6-14(22-2)7-4-12/h3-9,11H,10H2,1-2H3,(H,20,21). The molecule has 0 radical (unpaired) electrons. The van der Waals surface area contributed by atoms with Crippen molar-refractivity contribution in [2.24, 2.45) is 0 Å². The van der Waals surface area contributed by atoms with Crippen molar-refractivity contribution >= 4 is 5.91 Å². The second kappa shape index (κ2) is 7.58. The summed E-state index contributed by atoms with van der Waals surface area (Å²) in [6.45, 7) is 1.80. The Morgan fingerprint density at radius 1 is 1.17 bits per heavy atom. The highest BCUT2D eigenvalue weighted by Crippen LogP contribution is 2.19. The molecule has 0 aliphatic rings. The molecule has 2 aromatic rings. The molecule has 1 N–H and O–H groups in total. The van der Waals surface area contributed by atoms with Crippen molar-refractivity contribution in [3.05, 3.63) is 59.7 Å². The summed E-state index contributed by atoms with van der Waals surface area (Å²) >= 11 is 0. The molecule has 1 unspecified atom stereocenters. The quantitative estimate of drug-likeness (QED) is 0.889. The van der Waals surface area contributed by atoms with Crippen molar-refractivity contribution in [2.45, 2.75) is 19.6 Å². The molecule has 0 saturated heterocycles. The summed E-state index contributed by atoms with van der Waals surface area (Å²) < 4.78 is 36.6. The van der Waals surface area contributed by atoms with E-state index in [4.69, 9.17) is 9.47 Å². The SMILES string of the molecule is COc1ccc(CNC(=O)C(C)Oc2ccc(F)cc2F)cc1. The van der Waals surface area contributed by atoms with Crippen LogP contribution in [0.5, 0.6) is 11.5 Å². The minimum absolute atomic E-state index is 0.168. The highest BCUT2D eigenvalue weighted by Gasteiger charge is 2.16. The zero-order chi connectivity index (χ0) is 16.8. The molecule has 0 aromatic heterocycles. The van der Waals surface area contributed by atoms with E-state index in [2.05, 4.69) is 5.32 Å². The lowest BCUT2D eigenvalue weighted by Gasteiger charge is -2.15. The normalized spacial score (nSPS) is 11.7. The van der Waals surface area contributed by atoms with Crippen molar-refractivity contribution in [3.8, 4) is 11.5 Å². The lowest BCUT2D eigenvalue weighted by atomic mass is 10.2. The van der Waals surface area contributed by atoms with Gasteiger partial charge in [0.1, 0.15) is 11.6 Å². The molecule has 1 atom stereocenters. The third kappa shape index (κ3) is 4.67. The van der Waals surface area contributed by atoms with Gasteiger partial charge in [-0.3, -0.25) is 4.79 Å². The van der Waals surface area contributed by atoms with Crippen LogP contribution in [0.3, 0.4) is 0 Å². The molecule has 0 spiro atoms. The van der Waals surface area contributed by atoms with Crippen molar-refractivity contribution in [1.29, 1.82) is 0 Å². The number of ether oxygens (including phenoxy) is 2. The smallest absolute Gasteiger partial charge is 0.261 e. The maximum Gasteiger partial charge on any atom is 0.261 e. The average Bonchev–Trinajstić information content (AvgIpc) is 2.55. The molecular formula is C17H17F2NO3. The number of halogens is 2. The number of methoxy groups -OCH3 is 1. The summed E-state index contributed by atoms with van der Waals surface area (Å²) in [5, 5.41) is 2.69. The molecule has 0 heterocycles. The van der Waals surface area contributed by atoms with Gasteiger partial charge in [0.25, 0.3) is 5.91 Å². The predicted octanol–water partition coefficient (Wildman–Crippen LogP) is 3.06. The van der Waals surface area contributed by atoms with Gasteiger partial charge >= 0.3 is 0 Å². The number of rotatable bonds is 6. The molecule has 6 heteroatoms. The van der Waals surface area contributed by atoms with Crippen LogP contribution >= 0.6 is 0 Å². The zero-order valence-electron chi connectivity index (χ0n) is 12.8. The second-order valence-electron chi connectivity index (χ2n) is 4.90. The van der Waals surface area contributed by atoms with E-state index >= 15 is 0 Å². The van der Waals surface area contributed by atoms with Crippen molar-refractivity contribution in [3.63, 3.8) is 0 Å². The number of amides is 1. The molecule has 1 amide bonds. The molecule has 0 aliphatic heterocycles. The van der Waals surface area contributed by atoms with Crippen molar-refractivity contribution in [1.82, 2.24) is 5.32 Å². The molecule has 122 valence electrons. The lowest BCUT2D eigenvalue weighted by Crippen LogP contribution is -2.36. The van der Waals surface area contributed by atoms with E-state index in [0.717, 1.165) is 23.4 Å². The minimum Gasteiger partial charge on any atom is -0.497 e. The van der Waals surface area contributed by atoms with Crippen LogP contribution in [0, 0.1) is 11.6 Å². The largest absolute Gasteiger partial charge is 0.497 e. The van der Waals surface area contributed by atoms with Gasteiger partial charge < -0.3 is 14.8 Å². The summed E-state index contributed by atoms with van der Waals surface area (Å²) in [7, 11) is 1.57. The van der Waals surface area contributed by atoms with Gasteiger partial charge in [-0.05, 0) is 36.8 Å². The molecule has 4 nitrogen and oxygen atoms in total. The van der Waals surface area contributed by atoms with Gasteiger partial charge in [-0.2, -0.15) is 0 Å². The fraction of sp³-hybridized carbons (Fsp3) is 0.235. The Hall–Kier alpha value is -2.63. The van der Waals surface area contributed by atoms with Gasteiger partial charge in [0.05, 0.1) is 7.11 Å². The first-order chi connectivity index (χ1) is 11.0. The van der Waals surface area contributed by atoms with Crippen LogP contribution in [-0.4, -0.2) is 19.1 Å². The highest BCUT2D eigenvalue weighted by atomic mass is 19.1. The number of hydrogen-bond donors (Lipinski definition) is 1. The first kappa shape index (κ1) is 16.7. The van der Waals surface area contributed by atoms with E-state index in [9.17, 15) is 13.6 Å². The lowest BCUT2D eigenvalue weighted by molar-refractivity contribution is -0.127. The number of benzene rings is 2. The van der Waals surface area contributed by atoms with E-state index < -0.39 is 23.6 Å². The van der Waals surface area contributed by atoms with E-state index in [1.54, 1.807) is 19.2 Å². The van der Waals surface area contributed by atoms with Gasteiger partial charge in [0.2, 0.25) is 0 Å². The fourth-order valence-electron chi connectivity index (χ4n) is 1.89. The van der Waals surface area contributed by atoms with Gasteiger partial charge in [0, 0.05) is 12.6 Å². The van der Waals surface area contributed by atoms with Crippen LogP contribution < -0.4 is 14.8 Å². The molecule has 0 bridgehead atoms. The van der Waals surface area contributed by atoms with Crippen LogP contribution in [0.25, 0.3) is 0 Å². The number of carbonyl (C=O) groups excluding carboxylic acids is 1. The Kier molecular flexibility index (Phi) is 5.51. The molecular weight excluding hydrogens is 304 g/mol. The van der Waals surface area contributed by atoms with Crippen LogP contribution in [0.4, 0.5) is 8.78 Å². The predicted molar refractivity (Wildman–Crippen MR) is 81.3 cm³/mol. The molecule has 23 heavy (non-hydrogen) atoms. The van der Waals surface area contributed by atoms with Crippen molar-refractivity contribution in [2.75, 3.05) is 7.11 Å². The number of carbonyl (C=O) groups is 1. The van der Waals surface area contributed by atoms with Gasteiger partial charge in [-0.25, -0.2) is 8.78 Å². The maximum atomic E-state index is 13.5. The van der Waals surface area contributed by atoms with Crippen LogP contribution in [0.1, 0.15) is 12.5 Å². The third-order valence-corrected chi connectivity index (χ3v) is 3.19. The van der Waals surface area contributed by atoms with Gasteiger partial charge in [0.15, 0.2) is 17.7 Å². The van der Waals surface area contributed by atoms with Crippen LogP contribution in [0.2, 0.25) is 0 Å². The zero-order valence-corrected chi connectivity index (χ0v) is 12.8. The van der Waals surface area contributed by atoms with E-state index in [-0.39, 0.29) is 5.75 Å². The van der Waals surface area contributed by atoms with Gasteiger partial charge in [-0.1, -0.05) is 12.1 Å². The molecule has 0 aliphatic carbocycles. The maximum absolute atomic E-state index is 13.5. The second-order valence-corrected chi connectivity index (χ2v) is 4.90. The summed E-state index contributed by atoms with van der Waals surface area (Å²) in [5.41, 5.74) is 0.888. The third-order valence-electron chi connectivity index (χ3n) is 3.19. The first-order valence-electron chi connectivity index (χ1n) is 7.02. The Balaban J connectivity index is 1.89. The van der Waals surface area contributed by atoms with Crippen molar-refractivity contribution < 1.29 is 23.0 Å². The Morgan fingerprint density at radius 3 is 2.48 bits per heavy atom. The minimum atomic E-state index is -0.909. The first-order valence-corrected chi connectivity index (χ1v) is 7.02. The van der Waals surface area contributed by atoms with Crippen LogP contribution in [0.15, 0.2) is 42.5 Å². The molecule has 0 saturated carbocycles. The summed E-state index contributed by atoms with van der Waals surface area (Å²) in [4.78, 5) is 12.0. The Labute approximate surface area is 133 Å². The highest BCUT2D eigenvalue weighted by molar-refractivity contribution is 5.80. The molecule has 0 fully saturated rings. The summed E-state index contributed by atoms with van der Waals surface area (Å²) in [6.07, 6.45) is -0.909. The Morgan fingerprint density at radius 2 is 1.87 bits per heavy atom. The monoisotopic (exact) mass is 321 g/mol. The van der Waals surface area contributed by atoms with E-state index in [1.165, 1.54) is 6.92 Å². The topological polar surface area (TPSA) is 47.6 Å².